The van der Waals surface area contributed by atoms with Gasteiger partial charge in [-0.05, 0) is 49.1 Å². The van der Waals surface area contributed by atoms with Crippen molar-refractivity contribution in [2.75, 3.05) is 26.2 Å². The number of aryl methyl sites for hydroxylation is 1. The number of nitrogens with one attached hydrogen (secondary N) is 2. The predicted molar refractivity (Wildman–Crippen MR) is 125 cm³/mol. The molecule has 7 heteroatoms. The standard InChI is InChI=1S/C25H31N5O2/c1-2-26-25(27-11-5-13-29-14-10-17-6-3-4-7-20(17)29)28-12-15-30-23(31)21-18-8-9-19(16-18)22(21)24(30)32/h3-4,6-10,14,18-19,21-22H,2,5,11-13,15-16H2,1H3,(H2,26,27,28). The number of para-hydroxylation sites is 1. The maximum atomic E-state index is 12.8. The van der Waals surface area contributed by atoms with Crippen molar-refractivity contribution in [3.63, 3.8) is 0 Å². The summed E-state index contributed by atoms with van der Waals surface area (Å²) in [6.07, 6.45) is 8.28. The summed E-state index contributed by atoms with van der Waals surface area (Å²) in [5.74, 6) is 1.03. The van der Waals surface area contributed by atoms with Crippen LogP contribution in [0.25, 0.3) is 10.9 Å². The number of hydrogen-bond donors (Lipinski definition) is 2. The fourth-order valence-corrected chi connectivity index (χ4v) is 5.58. The first-order chi connectivity index (χ1) is 15.7. The molecule has 0 radical (unpaired) electrons. The molecule has 5 rings (SSSR count). The molecule has 32 heavy (non-hydrogen) atoms. The number of benzene rings is 1. The van der Waals surface area contributed by atoms with Crippen LogP contribution in [-0.2, 0) is 16.1 Å². The van der Waals surface area contributed by atoms with Crippen molar-refractivity contribution >= 4 is 28.7 Å². The lowest BCUT2D eigenvalue weighted by molar-refractivity contribution is -0.140. The average molecular weight is 434 g/mol. The van der Waals surface area contributed by atoms with Gasteiger partial charge in [0.15, 0.2) is 5.96 Å². The van der Waals surface area contributed by atoms with E-state index in [-0.39, 0.29) is 35.5 Å². The molecule has 2 N–H and O–H groups in total. The van der Waals surface area contributed by atoms with Crippen molar-refractivity contribution < 1.29 is 9.59 Å². The van der Waals surface area contributed by atoms with Gasteiger partial charge in [-0.2, -0.15) is 0 Å². The van der Waals surface area contributed by atoms with Crippen LogP contribution in [0.15, 0.2) is 53.7 Å². The summed E-state index contributed by atoms with van der Waals surface area (Å²) in [5, 5.41) is 7.79. The molecule has 2 aromatic rings. The lowest BCUT2D eigenvalue weighted by Crippen LogP contribution is -2.43. The predicted octanol–water partition coefficient (Wildman–Crippen LogP) is 2.39. The Bertz CT molecular complexity index is 1040. The van der Waals surface area contributed by atoms with Gasteiger partial charge in [-0.3, -0.25) is 19.5 Å². The highest BCUT2D eigenvalue weighted by Gasteiger charge is 2.58. The Labute approximate surface area is 188 Å². The van der Waals surface area contributed by atoms with E-state index in [4.69, 9.17) is 0 Å². The first-order valence-electron chi connectivity index (χ1n) is 11.8. The number of carbonyl (C=O) groups excluding carboxylic acids is 2. The molecule has 2 fully saturated rings. The summed E-state index contributed by atoms with van der Waals surface area (Å²) in [7, 11) is 0. The van der Waals surface area contributed by atoms with Crippen LogP contribution >= 0.6 is 0 Å². The van der Waals surface area contributed by atoms with Gasteiger partial charge >= 0.3 is 0 Å². The Kier molecular flexibility index (Phi) is 5.72. The number of aliphatic imine (C=N–C) groups is 1. The maximum Gasteiger partial charge on any atom is 0.233 e. The summed E-state index contributed by atoms with van der Waals surface area (Å²) in [6.45, 7) is 5.29. The molecule has 1 aromatic carbocycles. The molecule has 4 unspecified atom stereocenters. The molecule has 4 atom stereocenters. The fraction of sp³-hybridized carbons (Fsp3) is 0.480. The van der Waals surface area contributed by atoms with Gasteiger partial charge in [-0.15, -0.1) is 0 Å². The number of fused-ring (bicyclic) bond motifs is 6. The highest BCUT2D eigenvalue weighted by atomic mass is 16.2. The summed E-state index contributed by atoms with van der Waals surface area (Å²) in [4.78, 5) is 31.7. The molecule has 1 aromatic heterocycles. The van der Waals surface area contributed by atoms with E-state index in [0.29, 0.717) is 19.6 Å². The van der Waals surface area contributed by atoms with Crippen LogP contribution in [0.2, 0.25) is 0 Å². The minimum Gasteiger partial charge on any atom is -0.357 e. The van der Waals surface area contributed by atoms with Gasteiger partial charge in [-0.1, -0.05) is 30.4 Å². The Balaban J connectivity index is 1.11. The van der Waals surface area contributed by atoms with E-state index in [1.165, 1.54) is 15.8 Å². The summed E-state index contributed by atoms with van der Waals surface area (Å²) < 4.78 is 2.26. The molecule has 3 aliphatic rings. The molecular formula is C25H31N5O2. The van der Waals surface area contributed by atoms with Gasteiger partial charge in [0.05, 0.1) is 11.8 Å². The highest BCUT2D eigenvalue weighted by Crippen LogP contribution is 2.52. The van der Waals surface area contributed by atoms with Crippen molar-refractivity contribution in [2.45, 2.75) is 26.3 Å². The minimum atomic E-state index is -0.121. The molecule has 1 aliphatic heterocycles. The number of hydrogen-bond acceptors (Lipinski definition) is 3. The van der Waals surface area contributed by atoms with E-state index < -0.39 is 0 Å². The van der Waals surface area contributed by atoms with Crippen LogP contribution in [-0.4, -0.2) is 53.4 Å². The zero-order valence-corrected chi connectivity index (χ0v) is 18.5. The molecule has 1 saturated carbocycles. The first-order valence-corrected chi connectivity index (χ1v) is 11.8. The zero-order valence-electron chi connectivity index (χ0n) is 18.5. The molecule has 7 nitrogen and oxygen atoms in total. The lowest BCUT2D eigenvalue weighted by atomic mass is 9.85. The largest absolute Gasteiger partial charge is 0.357 e. The molecular weight excluding hydrogens is 402 g/mol. The van der Waals surface area contributed by atoms with Crippen molar-refractivity contribution in [3.05, 3.63) is 48.7 Å². The van der Waals surface area contributed by atoms with Crippen molar-refractivity contribution in [3.8, 4) is 0 Å². The second kappa shape index (κ2) is 8.81. The number of rotatable bonds is 8. The third-order valence-corrected chi connectivity index (χ3v) is 7.04. The summed E-state index contributed by atoms with van der Waals surface area (Å²) >= 11 is 0. The van der Waals surface area contributed by atoms with E-state index in [9.17, 15) is 9.59 Å². The maximum absolute atomic E-state index is 12.8. The number of nitrogens with zero attached hydrogens (tertiary/aromatic N) is 3. The lowest BCUT2D eigenvalue weighted by Gasteiger charge is -2.18. The SMILES string of the molecule is CCNC(=NCCCn1ccc2ccccc21)NCCN1C(=O)C2C3C=CC(C3)C2C1=O. The van der Waals surface area contributed by atoms with E-state index in [1.54, 1.807) is 0 Å². The summed E-state index contributed by atoms with van der Waals surface area (Å²) in [6, 6.07) is 10.5. The number of carbonyl (C=O) groups is 2. The van der Waals surface area contributed by atoms with Crippen LogP contribution in [0.3, 0.4) is 0 Å². The van der Waals surface area contributed by atoms with Gasteiger partial charge in [0.25, 0.3) is 0 Å². The third kappa shape index (κ3) is 3.70. The van der Waals surface area contributed by atoms with Crippen molar-refractivity contribution in [2.24, 2.45) is 28.7 Å². The Morgan fingerprint density at radius 3 is 2.53 bits per heavy atom. The van der Waals surface area contributed by atoms with E-state index in [1.807, 2.05) is 6.92 Å². The molecule has 2 amide bonds. The molecule has 2 aliphatic carbocycles. The normalized spacial score (nSPS) is 26.4. The number of aromatic nitrogens is 1. The van der Waals surface area contributed by atoms with Crippen molar-refractivity contribution in [1.82, 2.24) is 20.1 Å². The molecule has 2 bridgehead atoms. The van der Waals surface area contributed by atoms with Gasteiger partial charge in [0.2, 0.25) is 11.8 Å². The Morgan fingerprint density at radius 1 is 1.03 bits per heavy atom. The van der Waals surface area contributed by atoms with E-state index >= 15 is 0 Å². The van der Waals surface area contributed by atoms with E-state index in [2.05, 4.69) is 68.9 Å². The van der Waals surface area contributed by atoms with Gasteiger partial charge in [-0.25, -0.2) is 0 Å². The van der Waals surface area contributed by atoms with E-state index in [0.717, 1.165) is 31.9 Å². The van der Waals surface area contributed by atoms with Crippen LogP contribution in [0.4, 0.5) is 0 Å². The highest BCUT2D eigenvalue weighted by molar-refractivity contribution is 6.06. The zero-order chi connectivity index (χ0) is 22.1. The summed E-state index contributed by atoms with van der Waals surface area (Å²) in [5.41, 5.74) is 1.25. The Morgan fingerprint density at radius 2 is 1.78 bits per heavy atom. The number of guanidine groups is 1. The second-order valence-electron chi connectivity index (χ2n) is 8.94. The molecule has 168 valence electrons. The first kappa shape index (κ1) is 20.8. The number of allylic oxidation sites excluding steroid dienone is 2. The molecule has 0 spiro atoms. The average Bonchev–Trinajstić information content (AvgIpc) is 3.56. The number of likely N-dealkylation sites (tertiary alicyclic amines) is 1. The van der Waals surface area contributed by atoms with Gasteiger partial charge in [0, 0.05) is 44.4 Å². The number of amides is 2. The Hall–Kier alpha value is -3.09. The topological polar surface area (TPSA) is 78.7 Å². The van der Waals surface area contributed by atoms with Gasteiger partial charge in [0.1, 0.15) is 0 Å². The van der Waals surface area contributed by atoms with Crippen LogP contribution in [0.1, 0.15) is 19.8 Å². The van der Waals surface area contributed by atoms with Crippen molar-refractivity contribution in [1.29, 1.82) is 0 Å². The monoisotopic (exact) mass is 433 g/mol. The fourth-order valence-electron chi connectivity index (χ4n) is 5.58. The van der Waals surface area contributed by atoms with Crippen LogP contribution in [0, 0.1) is 23.7 Å². The van der Waals surface area contributed by atoms with Crippen LogP contribution < -0.4 is 10.6 Å². The molecule has 2 heterocycles. The quantitative estimate of drug-likeness (QED) is 0.220. The van der Waals surface area contributed by atoms with Gasteiger partial charge < -0.3 is 15.2 Å². The number of imide groups is 1. The minimum absolute atomic E-state index is 0.0135. The molecule has 1 saturated heterocycles. The van der Waals surface area contributed by atoms with Crippen LogP contribution in [0.5, 0.6) is 0 Å². The third-order valence-electron chi connectivity index (χ3n) is 7.04. The second-order valence-corrected chi connectivity index (χ2v) is 8.94. The smallest absolute Gasteiger partial charge is 0.233 e.